The Morgan fingerprint density at radius 2 is 2.11 bits per heavy atom. The number of carboxylic acid groups (broad SMARTS) is 1. The molecule has 1 saturated carbocycles. The van der Waals surface area contributed by atoms with Crippen LogP contribution in [0.15, 0.2) is 10.9 Å². The van der Waals surface area contributed by atoms with Gasteiger partial charge in [0.25, 0.3) is 11.8 Å². The van der Waals surface area contributed by atoms with Crippen molar-refractivity contribution in [2.45, 2.75) is 49.6 Å². The molecule has 2 fully saturated rings. The molecule has 1 unspecified atom stereocenters. The number of amides is 2. The summed E-state index contributed by atoms with van der Waals surface area (Å²) in [5, 5.41) is 26.2. The Morgan fingerprint density at radius 3 is 2.70 bits per heavy atom. The van der Waals surface area contributed by atoms with Crippen molar-refractivity contribution in [2.75, 3.05) is 11.5 Å². The third-order valence-electron chi connectivity index (χ3n) is 6.07. The molecule has 0 aromatic carbocycles. The highest BCUT2D eigenvalue weighted by Crippen LogP contribution is 2.48. The zero-order chi connectivity index (χ0) is 26.3. The van der Waals surface area contributed by atoms with Gasteiger partial charge in [0.1, 0.15) is 27.2 Å². The fourth-order valence-electron chi connectivity index (χ4n) is 4.30. The Morgan fingerprint density at radius 1 is 1.35 bits per heavy atom. The minimum atomic E-state index is -1.66. The van der Waals surface area contributed by atoms with Crippen LogP contribution in [0.5, 0.6) is 0 Å². The van der Waals surface area contributed by atoms with Crippen molar-refractivity contribution in [2.24, 2.45) is 5.16 Å². The molecule has 0 radical (unpaired) electrons. The number of carboxylic acids is 1. The van der Waals surface area contributed by atoms with Gasteiger partial charge >= 0.3 is 5.97 Å². The molecule has 4 N–H and O–H groups in total. The van der Waals surface area contributed by atoms with Crippen LogP contribution in [0.2, 0.25) is 0 Å². The van der Waals surface area contributed by atoms with Crippen LogP contribution in [-0.2, 0) is 19.2 Å². The standard InChI is InChI=1S/C20H20N8O5S4/c1-8-24-25-15(36-8)10-6-35-18-20(7-34,17(32)28(18)12(10)16(30)31)23-14(29)11(13-22-19(21)37-27-13)26-33-9-4-2-3-5-9/h7,9,18H,2-6H2,1H3,(H,23,29)(H,30,31)(H2,21,22,27)/t18-,20?/m0/s1. The molecular formula is C20H20N8O5S4. The van der Waals surface area contributed by atoms with E-state index in [-0.39, 0.29) is 34.2 Å². The van der Waals surface area contributed by atoms with Gasteiger partial charge in [0, 0.05) is 28.2 Å². The second-order valence-corrected chi connectivity index (χ2v) is 11.7. The molecule has 4 heterocycles. The van der Waals surface area contributed by atoms with E-state index in [4.69, 9.17) is 22.8 Å². The van der Waals surface area contributed by atoms with Gasteiger partial charge in [-0.1, -0.05) is 28.7 Å². The Balaban J connectivity index is 1.44. The molecule has 5 rings (SSSR count). The van der Waals surface area contributed by atoms with E-state index in [9.17, 15) is 19.5 Å². The molecule has 0 spiro atoms. The van der Waals surface area contributed by atoms with E-state index in [1.165, 1.54) is 23.1 Å². The maximum atomic E-state index is 13.5. The summed E-state index contributed by atoms with van der Waals surface area (Å²) in [6, 6.07) is 0. The highest BCUT2D eigenvalue weighted by atomic mass is 32.2. The molecule has 2 aromatic rings. The Kier molecular flexibility index (Phi) is 6.95. The second-order valence-electron chi connectivity index (χ2n) is 8.45. The fraction of sp³-hybridized carbons (Fsp3) is 0.450. The van der Waals surface area contributed by atoms with Gasteiger partial charge in [-0.15, -0.1) is 22.0 Å². The topological polar surface area (TPSA) is 186 Å². The summed E-state index contributed by atoms with van der Waals surface area (Å²) in [4.78, 5) is 49.8. The Labute approximate surface area is 227 Å². The third-order valence-corrected chi connectivity index (χ3v) is 9.23. The van der Waals surface area contributed by atoms with Gasteiger partial charge in [-0.2, -0.15) is 9.36 Å². The number of aryl methyl sites for hydroxylation is 1. The van der Waals surface area contributed by atoms with Crippen molar-refractivity contribution in [3.05, 3.63) is 21.5 Å². The summed E-state index contributed by atoms with van der Waals surface area (Å²) in [5.74, 6) is -2.60. The summed E-state index contributed by atoms with van der Waals surface area (Å²) < 4.78 is 4.06. The lowest BCUT2D eigenvalue weighted by atomic mass is 9.87. The van der Waals surface area contributed by atoms with Crippen LogP contribution < -0.4 is 11.1 Å². The predicted molar refractivity (Wildman–Crippen MR) is 141 cm³/mol. The number of nitrogens with one attached hydrogen (secondary N) is 1. The summed E-state index contributed by atoms with van der Waals surface area (Å²) in [6.45, 7) is 1.75. The maximum Gasteiger partial charge on any atom is 0.353 e. The highest BCUT2D eigenvalue weighted by molar-refractivity contribution is 8.00. The molecule has 37 heavy (non-hydrogen) atoms. The van der Waals surface area contributed by atoms with E-state index in [0.717, 1.165) is 47.5 Å². The number of rotatable bonds is 8. The second kappa shape index (κ2) is 10.0. The number of aliphatic carboxylic acids is 1. The number of aromatic nitrogens is 4. The Bertz CT molecular complexity index is 1350. The number of anilines is 1. The number of hydrogen-bond acceptors (Lipinski definition) is 14. The lowest BCUT2D eigenvalue weighted by Gasteiger charge is -2.55. The average molecular weight is 581 g/mol. The quantitative estimate of drug-likeness (QED) is 0.176. The van der Waals surface area contributed by atoms with E-state index >= 15 is 0 Å². The molecular weight excluding hydrogens is 561 g/mol. The number of nitrogens with two attached hydrogens (primary N) is 1. The maximum absolute atomic E-state index is 13.5. The summed E-state index contributed by atoms with van der Waals surface area (Å²) in [7, 11) is 0. The minimum absolute atomic E-state index is 0.0440. The molecule has 0 bridgehead atoms. The van der Waals surface area contributed by atoms with Crippen molar-refractivity contribution < 1.29 is 24.3 Å². The average Bonchev–Trinajstić information content (AvgIpc) is 3.64. The molecule has 17 heteroatoms. The minimum Gasteiger partial charge on any atom is -0.477 e. The normalized spacial score (nSPS) is 24.0. The molecule has 2 aliphatic heterocycles. The van der Waals surface area contributed by atoms with Crippen LogP contribution in [0.4, 0.5) is 5.13 Å². The monoisotopic (exact) mass is 580 g/mol. The van der Waals surface area contributed by atoms with Crippen LogP contribution >= 0.6 is 46.8 Å². The van der Waals surface area contributed by atoms with Crippen LogP contribution in [0.25, 0.3) is 5.57 Å². The molecule has 2 aromatic heterocycles. The van der Waals surface area contributed by atoms with E-state index in [1.54, 1.807) is 6.92 Å². The number of carbonyl (C=O) groups excluding carboxylic acids is 2. The number of nitrogen functional groups attached to an aromatic ring is 1. The first-order chi connectivity index (χ1) is 17.7. The first-order valence-corrected chi connectivity index (χ1v) is 14.2. The van der Waals surface area contributed by atoms with Crippen LogP contribution in [0, 0.1) is 6.92 Å². The van der Waals surface area contributed by atoms with Gasteiger partial charge < -0.3 is 21.0 Å². The SMILES string of the molecule is Cc1nnc(C2=C(C(=O)O)N3C(=O)C(C=S)(NC(=O)C(=NOC4CCCC4)c4nsc(N)n4)[C@@H]3SC2)s1. The number of thiocarbonyl (C=S) groups is 1. The Hall–Kier alpha value is -3.02. The number of thioether (sulfide) groups is 1. The molecule has 3 aliphatic rings. The van der Waals surface area contributed by atoms with E-state index in [1.807, 2.05) is 0 Å². The van der Waals surface area contributed by atoms with Gasteiger partial charge in [0.05, 0.1) is 0 Å². The van der Waals surface area contributed by atoms with E-state index in [0.29, 0.717) is 15.6 Å². The van der Waals surface area contributed by atoms with Gasteiger partial charge in [-0.25, -0.2) is 4.79 Å². The van der Waals surface area contributed by atoms with Crippen LogP contribution in [0.1, 0.15) is 41.5 Å². The van der Waals surface area contributed by atoms with Gasteiger partial charge in [0.2, 0.25) is 11.5 Å². The predicted octanol–water partition coefficient (Wildman–Crippen LogP) is 1.21. The number of fused-ring (bicyclic) bond motifs is 1. The van der Waals surface area contributed by atoms with Crippen molar-refractivity contribution in [3.8, 4) is 0 Å². The smallest absolute Gasteiger partial charge is 0.353 e. The highest BCUT2D eigenvalue weighted by Gasteiger charge is 2.65. The van der Waals surface area contributed by atoms with Crippen molar-refractivity contribution >= 4 is 86.4 Å². The first kappa shape index (κ1) is 25.6. The fourth-order valence-corrected chi connectivity index (χ4v) is 7.37. The van der Waals surface area contributed by atoms with E-state index < -0.39 is 28.7 Å². The zero-order valence-electron chi connectivity index (χ0n) is 19.2. The zero-order valence-corrected chi connectivity index (χ0v) is 22.5. The lowest BCUT2D eigenvalue weighted by Crippen LogP contribution is -2.80. The van der Waals surface area contributed by atoms with Crippen molar-refractivity contribution in [1.82, 2.24) is 29.8 Å². The summed E-state index contributed by atoms with van der Waals surface area (Å²) >= 11 is 8.56. The number of oxime groups is 1. The lowest BCUT2D eigenvalue weighted by molar-refractivity contribution is -0.153. The number of carbonyl (C=O) groups is 3. The van der Waals surface area contributed by atoms with Gasteiger partial charge in [-0.05, 0) is 32.6 Å². The molecule has 13 nitrogen and oxygen atoms in total. The van der Waals surface area contributed by atoms with Gasteiger partial charge in [-0.3, -0.25) is 14.5 Å². The number of hydrogen-bond donors (Lipinski definition) is 3. The molecule has 2 amide bonds. The van der Waals surface area contributed by atoms with Crippen LogP contribution in [-0.4, -0.2) is 81.2 Å². The number of β-lactam (4-membered cyclic amide) rings is 1. The molecule has 2 atom stereocenters. The molecule has 1 aliphatic carbocycles. The number of nitrogens with zero attached hydrogens (tertiary/aromatic N) is 6. The van der Waals surface area contributed by atoms with Crippen molar-refractivity contribution in [1.29, 1.82) is 0 Å². The molecule has 194 valence electrons. The van der Waals surface area contributed by atoms with Crippen molar-refractivity contribution in [3.63, 3.8) is 0 Å². The third kappa shape index (κ3) is 4.49. The molecule has 1 saturated heterocycles. The van der Waals surface area contributed by atoms with Gasteiger partial charge in [0.15, 0.2) is 10.7 Å². The van der Waals surface area contributed by atoms with Crippen LogP contribution in [0.3, 0.4) is 0 Å². The summed E-state index contributed by atoms with van der Waals surface area (Å²) in [5.41, 5.74) is 3.97. The first-order valence-electron chi connectivity index (χ1n) is 11.1. The van der Waals surface area contributed by atoms with E-state index in [2.05, 4.69) is 30.0 Å². The summed E-state index contributed by atoms with van der Waals surface area (Å²) in [6.07, 6.45) is 3.47. The largest absolute Gasteiger partial charge is 0.477 e.